The number of sulfonamides is 1. The van der Waals surface area contributed by atoms with Crippen LogP contribution in [0.2, 0.25) is 0 Å². The molecule has 130 valence electrons. The first-order chi connectivity index (χ1) is 11.4. The fourth-order valence-corrected chi connectivity index (χ4v) is 4.64. The number of benzene rings is 1. The zero-order valence-electron chi connectivity index (χ0n) is 13.9. The lowest BCUT2D eigenvalue weighted by Crippen LogP contribution is -2.27. The highest BCUT2D eigenvalue weighted by atomic mass is 32.2. The molecule has 0 spiro atoms. The van der Waals surface area contributed by atoms with E-state index in [1.165, 1.54) is 10.6 Å². The van der Waals surface area contributed by atoms with Crippen LogP contribution in [-0.2, 0) is 21.2 Å². The Morgan fingerprint density at radius 1 is 1.46 bits per heavy atom. The number of nitrogens with zero attached hydrogens (tertiary/aromatic N) is 2. The fraction of sp³-hybridized carbons (Fsp3) is 0.438. The van der Waals surface area contributed by atoms with Crippen molar-refractivity contribution in [1.82, 2.24) is 4.98 Å². The number of hydrogen-bond donors (Lipinski definition) is 1. The molecule has 1 aromatic carbocycles. The van der Waals surface area contributed by atoms with Crippen LogP contribution in [0.4, 0.5) is 10.8 Å². The third kappa shape index (κ3) is 3.55. The third-order valence-corrected chi connectivity index (χ3v) is 5.87. The van der Waals surface area contributed by atoms with Crippen LogP contribution in [0.3, 0.4) is 0 Å². The van der Waals surface area contributed by atoms with Crippen molar-refractivity contribution in [1.29, 1.82) is 0 Å². The van der Waals surface area contributed by atoms with Gasteiger partial charge in [0, 0.05) is 30.6 Å². The summed E-state index contributed by atoms with van der Waals surface area (Å²) in [6.45, 7) is 3.17. The lowest BCUT2D eigenvalue weighted by molar-refractivity contribution is 0.190. The van der Waals surface area contributed by atoms with Gasteiger partial charge >= 0.3 is 0 Å². The van der Waals surface area contributed by atoms with Crippen molar-refractivity contribution in [3.8, 4) is 11.3 Å². The lowest BCUT2D eigenvalue weighted by Gasteiger charge is -2.16. The zero-order valence-corrected chi connectivity index (χ0v) is 15.6. The Morgan fingerprint density at radius 2 is 2.25 bits per heavy atom. The number of hydrogen-bond acceptors (Lipinski definition) is 6. The normalized spacial score (nSPS) is 15.4. The van der Waals surface area contributed by atoms with E-state index < -0.39 is 10.0 Å². The molecular formula is C16H21N3O3S2. The standard InChI is InChI=1S/C16H21N3O3S2/c1-11(9-22-2)17-16-18-14(10-23-16)12-4-5-15-13(8-12)6-7-19(15)24(3,20)21/h4-5,8,10-11H,6-7,9H2,1-3H3,(H,17,18)/t11-/m0/s1. The topological polar surface area (TPSA) is 71.5 Å². The summed E-state index contributed by atoms with van der Waals surface area (Å²) >= 11 is 1.55. The molecule has 1 aliphatic heterocycles. The van der Waals surface area contributed by atoms with E-state index in [-0.39, 0.29) is 6.04 Å². The molecule has 1 aliphatic rings. The monoisotopic (exact) mass is 367 g/mol. The maximum atomic E-state index is 11.8. The first-order valence-electron chi connectivity index (χ1n) is 7.70. The Labute approximate surface area is 146 Å². The maximum Gasteiger partial charge on any atom is 0.232 e. The van der Waals surface area contributed by atoms with Crippen molar-refractivity contribution < 1.29 is 13.2 Å². The molecule has 0 radical (unpaired) electrons. The van der Waals surface area contributed by atoms with Crippen molar-refractivity contribution in [3.05, 3.63) is 29.1 Å². The molecule has 1 N–H and O–H groups in total. The van der Waals surface area contributed by atoms with Gasteiger partial charge in [0.1, 0.15) is 0 Å². The summed E-state index contributed by atoms with van der Waals surface area (Å²) in [5.74, 6) is 0. The Bertz CT molecular complexity index is 833. The van der Waals surface area contributed by atoms with Gasteiger partial charge in [-0.25, -0.2) is 13.4 Å². The molecule has 0 amide bonds. The van der Waals surface area contributed by atoms with E-state index in [9.17, 15) is 8.42 Å². The Kier molecular flexibility index (Phi) is 4.80. The quantitative estimate of drug-likeness (QED) is 0.850. The van der Waals surface area contributed by atoms with Crippen molar-refractivity contribution in [3.63, 3.8) is 0 Å². The lowest BCUT2D eigenvalue weighted by atomic mass is 10.1. The second kappa shape index (κ2) is 6.70. The number of thiazole rings is 1. The van der Waals surface area contributed by atoms with E-state index in [1.807, 2.05) is 30.5 Å². The highest BCUT2D eigenvalue weighted by Crippen LogP contribution is 2.34. The summed E-state index contributed by atoms with van der Waals surface area (Å²) in [4.78, 5) is 4.62. The van der Waals surface area contributed by atoms with Crippen molar-refractivity contribution >= 4 is 32.2 Å². The Balaban J connectivity index is 1.81. The summed E-state index contributed by atoms with van der Waals surface area (Å²) < 4.78 is 30.2. The van der Waals surface area contributed by atoms with Gasteiger partial charge in [0.15, 0.2) is 5.13 Å². The van der Waals surface area contributed by atoms with Crippen LogP contribution in [-0.4, -0.2) is 46.0 Å². The van der Waals surface area contributed by atoms with Crippen LogP contribution in [0.1, 0.15) is 12.5 Å². The molecule has 1 atom stereocenters. The van der Waals surface area contributed by atoms with Gasteiger partial charge in [-0.3, -0.25) is 4.31 Å². The van der Waals surface area contributed by atoms with Gasteiger partial charge in [-0.05, 0) is 31.0 Å². The van der Waals surface area contributed by atoms with Crippen LogP contribution < -0.4 is 9.62 Å². The molecule has 0 saturated carbocycles. The number of nitrogens with one attached hydrogen (secondary N) is 1. The highest BCUT2D eigenvalue weighted by Gasteiger charge is 2.26. The smallest absolute Gasteiger partial charge is 0.232 e. The second-order valence-electron chi connectivity index (χ2n) is 5.97. The molecule has 0 saturated heterocycles. The van der Waals surface area contributed by atoms with Crippen LogP contribution in [0.5, 0.6) is 0 Å². The van der Waals surface area contributed by atoms with Gasteiger partial charge in [0.25, 0.3) is 0 Å². The molecule has 8 heteroatoms. The maximum absolute atomic E-state index is 11.8. The number of methoxy groups -OCH3 is 1. The predicted octanol–water partition coefficient (Wildman–Crippen LogP) is 2.58. The van der Waals surface area contributed by atoms with Crippen molar-refractivity contribution in [2.75, 3.05) is 36.1 Å². The summed E-state index contributed by atoms with van der Waals surface area (Å²) in [6.07, 6.45) is 1.98. The Morgan fingerprint density at radius 3 is 2.96 bits per heavy atom. The number of aromatic nitrogens is 1. The zero-order chi connectivity index (χ0) is 17.3. The van der Waals surface area contributed by atoms with E-state index in [0.29, 0.717) is 13.2 Å². The summed E-state index contributed by atoms with van der Waals surface area (Å²) in [6, 6.07) is 6.04. The first kappa shape index (κ1) is 17.2. The van der Waals surface area contributed by atoms with E-state index in [1.54, 1.807) is 18.4 Å². The molecule has 1 aromatic heterocycles. The molecule has 0 fully saturated rings. The van der Waals surface area contributed by atoms with Crippen LogP contribution in [0.25, 0.3) is 11.3 Å². The third-order valence-electron chi connectivity index (χ3n) is 3.92. The molecule has 0 bridgehead atoms. The van der Waals surface area contributed by atoms with E-state index in [0.717, 1.165) is 34.1 Å². The van der Waals surface area contributed by atoms with Gasteiger partial charge in [-0.2, -0.15) is 0 Å². The van der Waals surface area contributed by atoms with E-state index >= 15 is 0 Å². The first-order valence-corrected chi connectivity index (χ1v) is 10.4. The number of fused-ring (bicyclic) bond motifs is 1. The predicted molar refractivity (Wildman–Crippen MR) is 98.4 cm³/mol. The summed E-state index contributed by atoms with van der Waals surface area (Å²) in [5, 5.41) is 6.17. The minimum atomic E-state index is -3.21. The molecule has 2 aromatic rings. The average Bonchev–Trinajstić information content (AvgIpc) is 3.12. The van der Waals surface area contributed by atoms with E-state index in [2.05, 4.69) is 10.3 Å². The fourth-order valence-electron chi connectivity index (χ4n) is 2.85. The van der Waals surface area contributed by atoms with Gasteiger partial charge in [-0.15, -0.1) is 11.3 Å². The van der Waals surface area contributed by atoms with Crippen molar-refractivity contribution in [2.24, 2.45) is 0 Å². The largest absolute Gasteiger partial charge is 0.383 e. The minimum absolute atomic E-state index is 0.192. The molecule has 3 rings (SSSR count). The number of ether oxygens (including phenoxy) is 1. The number of rotatable bonds is 6. The number of anilines is 2. The molecule has 6 nitrogen and oxygen atoms in total. The van der Waals surface area contributed by atoms with Gasteiger partial charge in [0.05, 0.1) is 24.2 Å². The average molecular weight is 367 g/mol. The van der Waals surface area contributed by atoms with Crippen molar-refractivity contribution in [2.45, 2.75) is 19.4 Å². The summed E-state index contributed by atoms with van der Waals surface area (Å²) in [7, 11) is -1.53. The van der Waals surface area contributed by atoms with E-state index in [4.69, 9.17) is 4.74 Å². The highest BCUT2D eigenvalue weighted by molar-refractivity contribution is 7.92. The molecule has 0 unspecified atom stereocenters. The van der Waals surface area contributed by atoms with Crippen LogP contribution in [0.15, 0.2) is 23.6 Å². The SMILES string of the molecule is COC[C@H](C)Nc1nc(-c2ccc3c(c2)CCN3S(C)(=O)=O)cs1. The van der Waals surface area contributed by atoms with Crippen LogP contribution in [0, 0.1) is 0 Å². The summed E-state index contributed by atoms with van der Waals surface area (Å²) in [5.41, 5.74) is 3.73. The molecule has 2 heterocycles. The second-order valence-corrected chi connectivity index (χ2v) is 8.73. The van der Waals surface area contributed by atoms with Gasteiger partial charge < -0.3 is 10.1 Å². The molecule has 0 aliphatic carbocycles. The molecular weight excluding hydrogens is 346 g/mol. The van der Waals surface area contributed by atoms with Crippen LogP contribution >= 0.6 is 11.3 Å². The minimum Gasteiger partial charge on any atom is -0.383 e. The van der Waals surface area contributed by atoms with Gasteiger partial charge in [-0.1, -0.05) is 6.07 Å². The molecule has 24 heavy (non-hydrogen) atoms. The Hall–Kier alpha value is -1.64. The van der Waals surface area contributed by atoms with Gasteiger partial charge in [0.2, 0.25) is 10.0 Å².